The number of hydrogen-bond donors (Lipinski definition) is 1. The molecular weight excluding hydrogens is 310 g/mol. The maximum Gasteiger partial charge on any atom is 0.0585 e. The highest BCUT2D eigenvalue weighted by Gasteiger charge is 2.14. The molecule has 2 heteroatoms. The van der Waals surface area contributed by atoms with E-state index in [2.05, 4.69) is 81.9 Å². The molecule has 0 amide bonds. The van der Waals surface area contributed by atoms with Crippen molar-refractivity contribution >= 4 is 26.7 Å². The van der Waals surface area contributed by atoms with Crippen LogP contribution >= 0.6 is 15.9 Å². The first kappa shape index (κ1) is 13.3. The first-order valence-corrected chi connectivity index (χ1v) is 7.49. The minimum absolute atomic E-state index is 0.190. The van der Waals surface area contributed by atoms with Crippen LogP contribution in [0.1, 0.15) is 17.2 Å². The number of hydrogen-bond acceptors (Lipinski definition) is 1. The first-order chi connectivity index (χ1) is 9.79. The molecule has 0 bridgehead atoms. The zero-order valence-corrected chi connectivity index (χ0v) is 12.9. The lowest BCUT2D eigenvalue weighted by Gasteiger charge is -2.19. The van der Waals surface area contributed by atoms with Crippen LogP contribution in [0.25, 0.3) is 10.8 Å². The molecule has 0 aliphatic rings. The van der Waals surface area contributed by atoms with Gasteiger partial charge in [0.25, 0.3) is 0 Å². The molecule has 0 aromatic heterocycles. The second-order valence-electron chi connectivity index (χ2n) is 4.85. The second-order valence-corrected chi connectivity index (χ2v) is 5.70. The second kappa shape index (κ2) is 5.78. The third kappa shape index (κ3) is 2.49. The Morgan fingerprint density at radius 2 is 1.55 bits per heavy atom. The van der Waals surface area contributed by atoms with Gasteiger partial charge in [-0.15, -0.1) is 0 Å². The molecule has 0 saturated heterocycles. The van der Waals surface area contributed by atoms with Crippen molar-refractivity contribution in [1.29, 1.82) is 0 Å². The minimum atomic E-state index is 0.190. The molecule has 3 aromatic rings. The normalized spacial score (nSPS) is 12.5. The molecule has 3 rings (SSSR count). The molecule has 0 aliphatic heterocycles. The molecule has 20 heavy (non-hydrogen) atoms. The van der Waals surface area contributed by atoms with Crippen LogP contribution in [0.5, 0.6) is 0 Å². The van der Waals surface area contributed by atoms with Crippen LogP contribution in [-0.2, 0) is 0 Å². The van der Waals surface area contributed by atoms with Gasteiger partial charge in [-0.2, -0.15) is 0 Å². The van der Waals surface area contributed by atoms with Gasteiger partial charge in [0.05, 0.1) is 6.04 Å². The highest BCUT2D eigenvalue weighted by atomic mass is 79.9. The van der Waals surface area contributed by atoms with Crippen molar-refractivity contribution in [3.05, 3.63) is 82.3 Å². The molecular formula is C18H16BrN. The molecule has 1 N–H and O–H groups in total. The summed E-state index contributed by atoms with van der Waals surface area (Å²) in [4.78, 5) is 0. The van der Waals surface area contributed by atoms with Crippen molar-refractivity contribution in [1.82, 2.24) is 5.32 Å². The van der Waals surface area contributed by atoms with E-state index in [1.54, 1.807) is 0 Å². The van der Waals surface area contributed by atoms with Crippen molar-refractivity contribution in [3.8, 4) is 0 Å². The van der Waals surface area contributed by atoms with E-state index in [1.165, 1.54) is 21.9 Å². The molecule has 0 fully saturated rings. The van der Waals surface area contributed by atoms with Crippen LogP contribution in [-0.4, -0.2) is 7.05 Å². The van der Waals surface area contributed by atoms with Gasteiger partial charge < -0.3 is 5.32 Å². The lowest BCUT2D eigenvalue weighted by molar-refractivity contribution is 0.690. The summed E-state index contributed by atoms with van der Waals surface area (Å²) in [5.74, 6) is 0. The zero-order chi connectivity index (χ0) is 13.9. The molecule has 0 saturated carbocycles. The summed E-state index contributed by atoms with van der Waals surface area (Å²) in [6.07, 6.45) is 0. The maximum absolute atomic E-state index is 3.64. The molecule has 0 aliphatic carbocycles. The molecule has 1 unspecified atom stereocenters. The van der Waals surface area contributed by atoms with Gasteiger partial charge in [0, 0.05) is 4.47 Å². The van der Waals surface area contributed by atoms with Crippen LogP contribution in [0.4, 0.5) is 0 Å². The SMILES string of the molecule is CNC(c1ccc2ccccc2c1)c1ccccc1Br. The standard InChI is InChI=1S/C18H16BrN/c1-20-18(16-8-4-5-9-17(16)19)15-11-10-13-6-2-3-7-14(13)12-15/h2-12,18,20H,1H3. The van der Waals surface area contributed by atoms with Gasteiger partial charge in [-0.05, 0) is 41.1 Å². The number of benzene rings is 3. The van der Waals surface area contributed by atoms with Crippen LogP contribution in [0.3, 0.4) is 0 Å². The largest absolute Gasteiger partial charge is 0.309 e. The molecule has 0 radical (unpaired) electrons. The summed E-state index contributed by atoms with van der Waals surface area (Å²) in [6.45, 7) is 0. The maximum atomic E-state index is 3.64. The number of halogens is 1. The molecule has 1 atom stereocenters. The van der Waals surface area contributed by atoms with E-state index in [9.17, 15) is 0 Å². The van der Waals surface area contributed by atoms with Crippen molar-refractivity contribution in [2.24, 2.45) is 0 Å². The average molecular weight is 326 g/mol. The Kier molecular flexibility index (Phi) is 3.86. The van der Waals surface area contributed by atoms with Crippen LogP contribution in [0.2, 0.25) is 0 Å². The Morgan fingerprint density at radius 1 is 0.850 bits per heavy atom. The Hall–Kier alpha value is -1.64. The predicted molar refractivity (Wildman–Crippen MR) is 89.0 cm³/mol. The first-order valence-electron chi connectivity index (χ1n) is 6.70. The molecule has 3 aromatic carbocycles. The fraction of sp³-hybridized carbons (Fsp3) is 0.111. The van der Waals surface area contributed by atoms with Crippen LogP contribution < -0.4 is 5.32 Å². The van der Waals surface area contributed by atoms with Gasteiger partial charge in [0.2, 0.25) is 0 Å². The van der Waals surface area contributed by atoms with E-state index in [0.29, 0.717) is 0 Å². The third-order valence-corrected chi connectivity index (χ3v) is 4.33. The Balaban J connectivity index is 2.10. The summed E-state index contributed by atoms with van der Waals surface area (Å²) in [6, 6.07) is 23.6. The van der Waals surface area contributed by atoms with Gasteiger partial charge in [-0.1, -0.05) is 70.5 Å². The Morgan fingerprint density at radius 3 is 2.30 bits per heavy atom. The van der Waals surface area contributed by atoms with E-state index in [1.807, 2.05) is 13.1 Å². The smallest absolute Gasteiger partial charge is 0.0585 e. The summed E-state index contributed by atoms with van der Waals surface area (Å²) >= 11 is 3.64. The van der Waals surface area contributed by atoms with E-state index in [4.69, 9.17) is 0 Å². The molecule has 100 valence electrons. The third-order valence-electron chi connectivity index (χ3n) is 3.61. The van der Waals surface area contributed by atoms with E-state index in [-0.39, 0.29) is 6.04 Å². The highest BCUT2D eigenvalue weighted by molar-refractivity contribution is 9.10. The van der Waals surface area contributed by atoms with E-state index in [0.717, 1.165) is 4.47 Å². The van der Waals surface area contributed by atoms with Crippen molar-refractivity contribution < 1.29 is 0 Å². The average Bonchev–Trinajstić information content (AvgIpc) is 2.50. The van der Waals surface area contributed by atoms with Crippen LogP contribution in [0, 0.1) is 0 Å². The molecule has 0 heterocycles. The van der Waals surface area contributed by atoms with Crippen molar-refractivity contribution in [3.63, 3.8) is 0 Å². The van der Waals surface area contributed by atoms with Crippen molar-refractivity contribution in [2.45, 2.75) is 6.04 Å². The van der Waals surface area contributed by atoms with Gasteiger partial charge >= 0.3 is 0 Å². The highest BCUT2D eigenvalue weighted by Crippen LogP contribution is 2.29. The predicted octanol–water partition coefficient (Wildman–Crippen LogP) is 4.91. The van der Waals surface area contributed by atoms with Crippen molar-refractivity contribution in [2.75, 3.05) is 7.05 Å². The molecule has 1 nitrogen and oxygen atoms in total. The summed E-state index contributed by atoms with van der Waals surface area (Å²) < 4.78 is 1.13. The summed E-state index contributed by atoms with van der Waals surface area (Å²) in [5.41, 5.74) is 2.53. The van der Waals surface area contributed by atoms with Gasteiger partial charge in [0.1, 0.15) is 0 Å². The number of rotatable bonds is 3. The number of nitrogens with one attached hydrogen (secondary N) is 1. The lowest BCUT2D eigenvalue weighted by Crippen LogP contribution is -2.18. The monoisotopic (exact) mass is 325 g/mol. The van der Waals surface area contributed by atoms with E-state index >= 15 is 0 Å². The van der Waals surface area contributed by atoms with Gasteiger partial charge in [-0.3, -0.25) is 0 Å². The fourth-order valence-electron chi connectivity index (χ4n) is 2.60. The van der Waals surface area contributed by atoms with E-state index < -0.39 is 0 Å². The minimum Gasteiger partial charge on any atom is -0.309 e. The quantitative estimate of drug-likeness (QED) is 0.721. The fourth-order valence-corrected chi connectivity index (χ4v) is 3.11. The van der Waals surface area contributed by atoms with Crippen LogP contribution in [0.15, 0.2) is 71.2 Å². The molecule has 0 spiro atoms. The lowest BCUT2D eigenvalue weighted by atomic mass is 9.96. The summed E-state index contributed by atoms with van der Waals surface area (Å²) in [5, 5.41) is 5.96. The summed E-state index contributed by atoms with van der Waals surface area (Å²) in [7, 11) is 2.00. The van der Waals surface area contributed by atoms with Gasteiger partial charge in [0.15, 0.2) is 0 Å². The van der Waals surface area contributed by atoms with Gasteiger partial charge in [-0.25, -0.2) is 0 Å². The Labute approximate surface area is 127 Å². The zero-order valence-electron chi connectivity index (χ0n) is 11.3. The topological polar surface area (TPSA) is 12.0 Å². The number of fused-ring (bicyclic) bond motifs is 1. The Bertz CT molecular complexity index is 736.